The second kappa shape index (κ2) is 6.80. The smallest absolute Gasteiger partial charge is 0.246 e. The summed E-state index contributed by atoms with van der Waals surface area (Å²) in [7, 11) is 4.51. The number of aromatic nitrogens is 2. The van der Waals surface area contributed by atoms with Gasteiger partial charge in [-0.05, 0) is 6.42 Å². The van der Waals surface area contributed by atoms with Crippen LogP contribution < -0.4 is 9.47 Å². The lowest BCUT2D eigenvalue weighted by molar-refractivity contribution is 0.0954. The zero-order chi connectivity index (χ0) is 12.7. The van der Waals surface area contributed by atoms with E-state index in [1.54, 1.807) is 7.11 Å². The number of carbonyl (C=O) groups excluding carboxylic acids is 1. The highest BCUT2D eigenvalue weighted by molar-refractivity contribution is 5.96. The summed E-state index contributed by atoms with van der Waals surface area (Å²) in [5.41, 5.74) is 0.226. The van der Waals surface area contributed by atoms with E-state index in [4.69, 9.17) is 14.2 Å². The third-order valence-corrected chi connectivity index (χ3v) is 2.14. The third kappa shape index (κ3) is 3.67. The Morgan fingerprint density at radius 2 is 2.06 bits per heavy atom. The molecule has 1 heterocycles. The van der Waals surface area contributed by atoms with Crippen LogP contribution in [-0.4, -0.2) is 43.7 Å². The lowest BCUT2D eigenvalue weighted by Crippen LogP contribution is -2.08. The van der Waals surface area contributed by atoms with Crippen LogP contribution in [0.1, 0.15) is 23.3 Å². The SMILES string of the molecule is COCCCC(=O)c1ncc(OC)nc1OC. The Bertz CT molecular complexity index is 382. The van der Waals surface area contributed by atoms with Gasteiger partial charge in [-0.15, -0.1) is 0 Å². The standard InChI is InChI=1S/C11H16N2O4/c1-15-6-4-5-8(14)10-11(17-3)13-9(16-2)7-12-10/h7H,4-6H2,1-3H3. The molecule has 0 aliphatic heterocycles. The minimum absolute atomic E-state index is 0.117. The topological polar surface area (TPSA) is 70.5 Å². The average Bonchev–Trinajstić information content (AvgIpc) is 2.38. The number of methoxy groups -OCH3 is 3. The van der Waals surface area contributed by atoms with Gasteiger partial charge < -0.3 is 14.2 Å². The molecule has 0 saturated carbocycles. The molecule has 0 N–H and O–H groups in total. The van der Waals surface area contributed by atoms with Crippen LogP contribution in [0.5, 0.6) is 11.8 Å². The number of carbonyl (C=O) groups is 1. The van der Waals surface area contributed by atoms with Gasteiger partial charge in [0.2, 0.25) is 11.8 Å². The molecule has 17 heavy (non-hydrogen) atoms. The van der Waals surface area contributed by atoms with Gasteiger partial charge in [-0.25, -0.2) is 4.98 Å². The summed E-state index contributed by atoms with van der Waals surface area (Å²) in [6.07, 6.45) is 2.39. The molecule has 0 atom stereocenters. The van der Waals surface area contributed by atoms with Crippen LogP contribution in [-0.2, 0) is 4.74 Å². The van der Waals surface area contributed by atoms with E-state index in [1.807, 2.05) is 0 Å². The van der Waals surface area contributed by atoms with E-state index in [-0.39, 0.29) is 17.4 Å². The highest BCUT2D eigenvalue weighted by atomic mass is 16.5. The fraction of sp³-hybridized carbons (Fsp3) is 0.545. The third-order valence-electron chi connectivity index (χ3n) is 2.14. The molecule has 0 aliphatic carbocycles. The van der Waals surface area contributed by atoms with Crippen LogP contribution in [0.3, 0.4) is 0 Å². The summed E-state index contributed by atoms with van der Waals surface area (Å²) in [4.78, 5) is 19.8. The van der Waals surface area contributed by atoms with Crippen molar-refractivity contribution in [3.63, 3.8) is 0 Å². The highest BCUT2D eigenvalue weighted by Gasteiger charge is 2.16. The molecule has 1 aromatic rings. The maximum absolute atomic E-state index is 11.8. The molecule has 0 saturated heterocycles. The number of hydrogen-bond donors (Lipinski definition) is 0. The van der Waals surface area contributed by atoms with Crippen LogP contribution in [0.2, 0.25) is 0 Å². The monoisotopic (exact) mass is 240 g/mol. The minimum Gasteiger partial charge on any atom is -0.480 e. The molecule has 0 radical (unpaired) electrons. The normalized spacial score (nSPS) is 10.1. The van der Waals surface area contributed by atoms with E-state index >= 15 is 0 Å². The first-order valence-electron chi connectivity index (χ1n) is 5.20. The molecule has 0 unspecified atom stereocenters. The van der Waals surface area contributed by atoms with Crippen molar-refractivity contribution in [2.24, 2.45) is 0 Å². The van der Waals surface area contributed by atoms with Crippen molar-refractivity contribution >= 4 is 5.78 Å². The van der Waals surface area contributed by atoms with Gasteiger partial charge in [0, 0.05) is 20.1 Å². The number of rotatable bonds is 7. The maximum atomic E-state index is 11.8. The molecule has 0 aromatic carbocycles. The van der Waals surface area contributed by atoms with Gasteiger partial charge >= 0.3 is 0 Å². The molecule has 0 bridgehead atoms. The van der Waals surface area contributed by atoms with Gasteiger partial charge in [-0.3, -0.25) is 4.79 Å². The van der Waals surface area contributed by atoms with Crippen LogP contribution in [0, 0.1) is 0 Å². The number of ketones is 1. The van der Waals surface area contributed by atoms with Gasteiger partial charge in [-0.1, -0.05) is 0 Å². The van der Waals surface area contributed by atoms with Gasteiger partial charge in [-0.2, -0.15) is 4.98 Å². The molecule has 6 heteroatoms. The summed E-state index contributed by atoms with van der Waals surface area (Å²) in [6, 6.07) is 0. The van der Waals surface area contributed by atoms with Crippen molar-refractivity contribution in [2.45, 2.75) is 12.8 Å². The Labute approximate surface area is 99.9 Å². The van der Waals surface area contributed by atoms with E-state index in [2.05, 4.69) is 9.97 Å². The van der Waals surface area contributed by atoms with Crippen LogP contribution in [0.4, 0.5) is 0 Å². The van der Waals surface area contributed by atoms with Crippen molar-refractivity contribution in [1.82, 2.24) is 9.97 Å². The van der Waals surface area contributed by atoms with Crippen molar-refractivity contribution in [2.75, 3.05) is 27.9 Å². The molecule has 94 valence electrons. The van der Waals surface area contributed by atoms with Crippen LogP contribution >= 0.6 is 0 Å². The molecular weight excluding hydrogens is 224 g/mol. The van der Waals surface area contributed by atoms with Gasteiger partial charge in [0.1, 0.15) is 0 Å². The predicted octanol–water partition coefficient (Wildman–Crippen LogP) is 1.10. The first-order valence-corrected chi connectivity index (χ1v) is 5.20. The Morgan fingerprint density at radius 3 is 2.65 bits per heavy atom. The Morgan fingerprint density at radius 1 is 1.29 bits per heavy atom. The largest absolute Gasteiger partial charge is 0.480 e. The molecule has 1 rings (SSSR count). The van der Waals surface area contributed by atoms with Gasteiger partial charge in [0.05, 0.1) is 20.4 Å². The quantitative estimate of drug-likeness (QED) is 0.525. The first kappa shape index (κ1) is 13.4. The van der Waals surface area contributed by atoms with Gasteiger partial charge in [0.25, 0.3) is 0 Å². The summed E-state index contributed by atoms with van der Waals surface area (Å²) >= 11 is 0. The zero-order valence-corrected chi connectivity index (χ0v) is 10.2. The highest BCUT2D eigenvalue weighted by Crippen LogP contribution is 2.18. The zero-order valence-electron chi connectivity index (χ0n) is 10.2. The first-order chi connectivity index (χ1) is 8.22. The minimum atomic E-state index is -0.117. The molecule has 0 amide bonds. The van der Waals surface area contributed by atoms with E-state index in [0.717, 1.165) is 0 Å². The lowest BCUT2D eigenvalue weighted by Gasteiger charge is -2.07. The van der Waals surface area contributed by atoms with E-state index < -0.39 is 0 Å². The summed E-state index contributed by atoms with van der Waals surface area (Å²) in [5.74, 6) is 0.385. The fourth-order valence-electron chi connectivity index (χ4n) is 1.28. The molecule has 0 aliphatic rings. The number of Topliss-reactive ketones (excluding diaryl/α,β-unsaturated/α-hetero) is 1. The molecular formula is C11H16N2O4. The maximum Gasteiger partial charge on any atom is 0.246 e. The van der Waals surface area contributed by atoms with Crippen molar-refractivity contribution in [3.8, 4) is 11.8 Å². The van der Waals surface area contributed by atoms with Crippen LogP contribution in [0.25, 0.3) is 0 Å². The molecule has 6 nitrogen and oxygen atoms in total. The lowest BCUT2D eigenvalue weighted by atomic mass is 10.2. The molecule has 0 fully saturated rings. The van der Waals surface area contributed by atoms with E-state index in [0.29, 0.717) is 25.3 Å². The number of hydrogen-bond acceptors (Lipinski definition) is 6. The van der Waals surface area contributed by atoms with Crippen molar-refractivity contribution < 1.29 is 19.0 Å². The summed E-state index contributed by atoms with van der Waals surface area (Å²) in [6.45, 7) is 0.539. The number of ether oxygens (including phenoxy) is 3. The van der Waals surface area contributed by atoms with Crippen molar-refractivity contribution in [3.05, 3.63) is 11.9 Å². The molecule has 0 spiro atoms. The fourth-order valence-corrected chi connectivity index (χ4v) is 1.28. The van der Waals surface area contributed by atoms with E-state index in [9.17, 15) is 4.79 Å². The second-order valence-corrected chi connectivity index (χ2v) is 3.29. The molecule has 1 aromatic heterocycles. The summed E-state index contributed by atoms with van der Waals surface area (Å²) < 4.78 is 14.8. The Balaban J connectivity index is 2.78. The average molecular weight is 240 g/mol. The van der Waals surface area contributed by atoms with Crippen molar-refractivity contribution in [1.29, 1.82) is 0 Å². The predicted molar refractivity (Wildman–Crippen MR) is 60.6 cm³/mol. The van der Waals surface area contributed by atoms with E-state index in [1.165, 1.54) is 20.4 Å². The Hall–Kier alpha value is -1.69. The van der Waals surface area contributed by atoms with Gasteiger partial charge in [0.15, 0.2) is 11.5 Å². The second-order valence-electron chi connectivity index (χ2n) is 3.29. The summed E-state index contributed by atoms with van der Waals surface area (Å²) in [5, 5.41) is 0. The number of nitrogens with zero attached hydrogens (tertiary/aromatic N) is 2. The van der Waals surface area contributed by atoms with Crippen LogP contribution in [0.15, 0.2) is 6.20 Å². The Kier molecular flexibility index (Phi) is 5.35.